The van der Waals surface area contributed by atoms with E-state index in [-0.39, 0.29) is 5.75 Å². The highest BCUT2D eigenvalue weighted by molar-refractivity contribution is 6.14. The summed E-state index contributed by atoms with van der Waals surface area (Å²) in [4.78, 5) is 4.90. The molecule has 0 saturated heterocycles. The third-order valence-electron chi connectivity index (χ3n) is 6.59. The summed E-state index contributed by atoms with van der Waals surface area (Å²) < 4.78 is 0. The number of rotatable bonds is 5. The van der Waals surface area contributed by atoms with Crippen molar-refractivity contribution < 1.29 is 5.11 Å². The Bertz CT molecular complexity index is 1470. The Morgan fingerprint density at radius 1 is 0.778 bits per heavy atom. The van der Waals surface area contributed by atoms with Crippen LogP contribution in [0.5, 0.6) is 5.75 Å². The Morgan fingerprint density at radius 2 is 1.39 bits per heavy atom. The second-order valence-corrected chi connectivity index (χ2v) is 9.06. The summed E-state index contributed by atoms with van der Waals surface area (Å²) in [7, 11) is 0. The minimum atomic E-state index is 0.257. The van der Waals surface area contributed by atoms with Crippen LogP contribution < -0.4 is 0 Å². The molecule has 0 radical (unpaired) electrons. The molecular weight excluding hydrogens is 438 g/mol. The van der Waals surface area contributed by atoms with Crippen LogP contribution in [0.2, 0.25) is 0 Å². The fraction of sp³-hybridized carbons (Fsp3) is 0.206. The van der Waals surface area contributed by atoms with Crippen LogP contribution in [0.15, 0.2) is 96.0 Å². The first-order chi connectivity index (χ1) is 17.6. The topological polar surface area (TPSA) is 32.6 Å². The van der Waals surface area contributed by atoms with Gasteiger partial charge in [-0.15, -0.1) is 0 Å². The molecule has 0 aliphatic heterocycles. The van der Waals surface area contributed by atoms with Crippen LogP contribution in [0.3, 0.4) is 0 Å². The molecule has 5 aromatic carbocycles. The van der Waals surface area contributed by atoms with Crippen molar-refractivity contribution in [2.75, 3.05) is 0 Å². The van der Waals surface area contributed by atoms with E-state index in [4.69, 9.17) is 4.99 Å². The lowest BCUT2D eigenvalue weighted by atomic mass is 9.91. The number of benzene rings is 5. The molecule has 0 heterocycles. The number of para-hydroxylation sites is 2. The molecule has 0 bridgehead atoms. The second-order valence-electron chi connectivity index (χ2n) is 9.06. The Labute approximate surface area is 215 Å². The number of aromatic hydroxyl groups is 1. The van der Waals surface area contributed by atoms with Gasteiger partial charge in [0.1, 0.15) is 5.75 Å². The summed E-state index contributed by atoms with van der Waals surface area (Å²) in [5, 5.41) is 16.0. The van der Waals surface area contributed by atoms with Gasteiger partial charge in [-0.25, -0.2) is 0 Å². The maximum Gasteiger partial charge on any atom is 0.132 e. The number of aliphatic imine (C=N–C) groups is 1. The molecule has 2 nitrogen and oxygen atoms in total. The van der Waals surface area contributed by atoms with E-state index in [0.717, 1.165) is 50.3 Å². The zero-order valence-corrected chi connectivity index (χ0v) is 21.9. The molecule has 5 aromatic rings. The molecule has 0 amide bonds. The number of phenolic OH excluding ortho intramolecular Hbond substituents is 1. The van der Waals surface area contributed by atoms with E-state index >= 15 is 0 Å². The predicted molar refractivity (Wildman–Crippen MR) is 157 cm³/mol. The third-order valence-corrected chi connectivity index (χ3v) is 6.59. The predicted octanol–water partition coefficient (Wildman–Crippen LogP) is 9.83. The van der Waals surface area contributed by atoms with Crippen molar-refractivity contribution in [3.05, 3.63) is 108 Å². The maximum atomic E-state index is 11.5. The number of aryl methyl sites for hydroxylation is 1. The largest absolute Gasteiger partial charge is 0.507 e. The Hall–Kier alpha value is -3.91. The second kappa shape index (κ2) is 11.2. The zero-order chi connectivity index (χ0) is 25.7. The molecule has 0 fully saturated rings. The fourth-order valence-electron chi connectivity index (χ4n) is 4.83. The molecule has 0 aliphatic carbocycles. The molecule has 0 spiro atoms. The molecular formula is C34H35NO. The van der Waals surface area contributed by atoms with Crippen LogP contribution >= 0.6 is 0 Å². The molecule has 0 saturated carbocycles. The first kappa shape index (κ1) is 25.2. The normalized spacial score (nSPS) is 11.3. The number of phenols is 1. The SMILES string of the molecule is CC.CCc1cccc(C(C)C)c1N=Cc1cccc(-c2c3ccccc3cc3ccccc23)c1O. The lowest BCUT2D eigenvalue weighted by molar-refractivity contribution is 0.476. The van der Waals surface area contributed by atoms with Crippen LogP contribution in [0, 0.1) is 0 Å². The average Bonchev–Trinajstić information content (AvgIpc) is 2.92. The first-order valence-corrected chi connectivity index (χ1v) is 13.0. The standard InChI is InChI=1S/C32H29NO.C2H6/c1-4-22-13-9-17-26(21(2)3)31(22)33-20-25-14-10-18-29(32(25)34)30-27-15-7-5-11-23(27)19-24-12-6-8-16-28(24)30;1-2/h5-21,34H,4H2,1-3H3;1-2H3. The summed E-state index contributed by atoms with van der Waals surface area (Å²) in [6.45, 7) is 10.5. The number of hydrogen-bond acceptors (Lipinski definition) is 2. The van der Waals surface area contributed by atoms with Gasteiger partial charge >= 0.3 is 0 Å². The smallest absolute Gasteiger partial charge is 0.132 e. The van der Waals surface area contributed by atoms with Crippen LogP contribution in [-0.2, 0) is 6.42 Å². The minimum absolute atomic E-state index is 0.257. The average molecular weight is 474 g/mol. The van der Waals surface area contributed by atoms with Crippen LogP contribution in [0.25, 0.3) is 32.7 Å². The van der Waals surface area contributed by atoms with E-state index < -0.39 is 0 Å². The quantitative estimate of drug-likeness (QED) is 0.200. The van der Waals surface area contributed by atoms with Crippen molar-refractivity contribution in [3.63, 3.8) is 0 Å². The van der Waals surface area contributed by atoms with E-state index in [1.807, 2.05) is 38.3 Å². The van der Waals surface area contributed by atoms with Crippen LogP contribution in [0.1, 0.15) is 57.2 Å². The van der Waals surface area contributed by atoms with Gasteiger partial charge in [0.25, 0.3) is 0 Å². The van der Waals surface area contributed by atoms with Gasteiger partial charge in [-0.1, -0.05) is 113 Å². The Balaban J connectivity index is 0.00000148. The Kier molecular flexibility index (Phi) is 7.85. The minimum Gasteiger partial charge on any atom is -0.507 e. The highest BCUT2D eigenvalue weighted by Gasteiger charge is 2.15. The number of nitrogens with zero attached hydrogens (tertiary/aromatic N) is 1. The first-order valence-electron chi connectivity index (χ1n) is 13.0. The summed E-state index contributed by atoms with van der Waals surface area (Å²) in [5.41, 5.74) is 6.06. The molecule has 0 unspecified atom stereocenters. The fourth-order valence-corrected chi connectivity index (χ4v) is 4.83. The molecule has 0 atom stereocenters. The van der Waals surface area contributed by atoms with E-state index in [1.54, 1.807) is 0 Å². The molecule has 2 heteroatoms. The monoisotopic (exact) mass is 473 g/mol. The van der Waals surface area contributed by atoms with Gasteiger partial charge < -0.3 is 5.11 Å². The molecule has 5 rings (SSSR count). The van der Waals surface area contributed by atoms with E-state index in [1.165, 1.54) is 11.1 Å². The highest BCUT2D eigenvalue weighted by Crippen LogP contribution is 2.41. The lowest BCUT2D eigenvalue weighted by Crippen LogP contribution is -1.94. The van der Waals surface area contributed by atoms with Crippen molar-refractivity contribution >= 4 is 33.4 Å². The maximum absolute atomic E-state index is 11.5. The molecule has 0 aromatic heterocycles. The highest BCUT2D eigenvalue weighted by atomic mass is 16.3. The molecule has 0 aliphatic rings. The lowest BCUT2D eigenvalue weighted by Gasteiger charge is -2.15. The Morgan fingerprint density at radius 3 is 2.00 bits per heavy atom. The van der Waals surface area contributed by atoms with Gasteiger partial charge in [-0.05, 0) is 57.1 Å². The zero-order valence-electron chi connectivity index (χ0n) is 21.9. The van der Waals surface area contributed by atoms with Crippen LogP contribution in [-0.4, -0.2) is 11.3 Å². The van der Waals surface area contributed by atoms with Gasteiger partial charge in [0.2, 0.25) is 0 Å². The van der Waals surface area contributed by atoms with Gasteiger partial charge in [0.05, 0.1) is 5.69 Å². The summed E-state index contributed by atoms with van der Waals surface area (Å²) in [6, 6.07) is 31.3. The van der Waals surface area contributed by atoms with E-state index in [0.29, 0.717) is 5.92 Å². The van der Waals surface area contributed by atoms with Crippen molar-refractivity contribution in [2.45, 2.75) is 47.0 Å². The van der Waals surface area contributed by atoms with Crippen molar-refractivity contribution in [1.29, 1.82) is 0 Å². The molecule has 36 heavy (non-hydrogen) atoms. The molecule has 1 N–H and O–H groups in total. The van der Waals surface area contributed by atoms with E-state index in [2.05, 4.69) is 93.6 Å². The third kappa shape index (κ3) is 4.77. The summed E-state index contributed by atoms with van der Waals surface area (Å²) >= 11 is 0. The van der Waals surface area contributed by atoms with Gasteiger partial charge in [0.15, 0.2) is 0 Å². The van der Waals surface area contributed by atoms with Gasteiger partial charge in [0, 0.05) is 22.9 Å². The number of fused-ring (bicyclic) bond motifs is 2. The van der Waals surface area contributed by atoms with Crippen molar-refractivity contribution in [3.8, 4) is 16.9 Å². The van der Waals surface area contributed by atoms with Crippen molar-refractivity contribution in [1.82, 2.24) is 0 Å². The summed E-state index contributed by atoms with van der Waals surface area (Å²) in [5.74, 6) is 0.633. The summed E-state index contributed by atoms with van der Waals surface area (Å²) in [6.07, 6.45) is 2.73. The van der Waals surface area contributed by atoms with Gasteiger partial charge in [-0.2, -0.15) is 0 Å². The van der Waals surface area contributed by atoms with Crippen LogP contribution in [0.4, 0.5) is 5.69 Å². The number of hydrogen-bond donors (Lipinski definition) is 1. The van der Waals surface area contributed by atoms with E-state index in [9.17, 15) is 5.11 Å². The molecule has 182 valence electrons. The van der Waals surface area contributed by atoms with Gasteiger partial charge in [-0.3, -0.25) is 4.99 Å². The van der Waals surface area contributed by atoms with Crippen molar-refractivity contribution in [2.24, 2.45) is 4.99 Å².